The number of nitrogens with zero attached hydrogens (tertiary/aromatic N) is 2. The molecular formula is C10H9BrN2OS. The molecule has 3 nitrogen and oxygen atoms in total. The summed E-state index contributed by atoms with van der Waals surface area (Å²) in [6.45, 7) is 2.49. The predicted octanol–water partition coefficient (Wildman–Crippen LogP) is 2.42. The highest BCUT2D eigenvalue weighted by Gasteiger charge is 2.03. The third-order valence-electron chi connectivity index (χ3n) is 1.95. The monoisotopic (exact) mass is 284 g/mol. The van der Waals surface area contributed by atoms with Crippen molar-refractivity contribution in [1.82, 2.24) is 9.55 Å². The molecule has 0 aromatic carbocycles. The second kappa shape index (κ2) is 4.28. The fourth-order valence-corrected chi connectivity index (χ4v) is 2.40. The number of hydrogen-bond donors (Lipinski definition) is 0. The summed E-state index contributed by atoms with van der Waals surface area (Å²) in [4.78, 5) is 16.0. The molecule has 0 amide bonds. The molecule has 0 unspecified atom stereocenters. The van der Waals surface area contributed by atoms with Crippen LogP contribution < -0.4 is 5.56 Å². The summed E-state index contributed by atoms with van der Waals surface area (Å²) in [5.41, 5.74) is 0.975. The first kappa shape index (κ1) is 10.6. The van der Waals surface area contributed by atoms with Gasteiger partial charge in [-0.05, 0) is 35.0 Å². The maximum atomic E-state index is 11.7. The summed E-state index contributed by atoms with van der Waals surface area (Å²) < 4.78 is 2.22. The Hall–Kier alpha value is -0.940. The summed E-state index contributed by atoms with van der Waals surface area (Å²) in [5, 5.41) is 2.94. The minimum atomic E-state index is -0.0228. The summed E-state index contributed by atoms with van der Waals surface area (Å²) in [6.07, 6.45) is 1.77. The Bertz CT molecular complexity index is 532. The van der Waals surface area contributed by atoms with Crippen LogP contribution in [-0.4, -0.2) is 9.55 Å². The van der Waals surface area contributed by atoms with Crippen molar-refractivity contribution in [3.63, 3.8) is 0 Å². The second-order valence-corrected chi connectivity index (χ2v) is 4.97. The van der Waals surface area contributed by atoms with Gasteiger partial charge in [-0.25, -0.2) is 4.98 Å². The first-order valence-corrected chi connectivity index (χ1v) is 6.10. The molecule has 0 bridgehead atoms. The molecule has 0 aliphatic carbocycles. The van der Waals surface area contributed by atoms with Gasteiger partial charge in [-0.2, -0.15) is 0 Å². The van der Waals surface area contributed by atoms with E-state index in [-0.39, 0.29) is 5.56 Å². The first-order chi connectivity index (χ1) is 7.16. The van der Waals surface area contributed by atoms with Crippen LogP contribution in [0.3, 0.4) is 0 Å². The third-order valence-corrected chi connectivity index (χ3v) is 3.50. The molecule has 0 spiro atoms. The van der Waals surface area contributed by atoms with Gasteiger partial charge in [-0.15, -0.1) is 11.3 Å². The lowest BCUT2D eigenvalue weighted by molar-refractivity contribution is 0.748. The number of thiazole rings is 1. The minimum Gasteiger partial charge on any atom is -0.308 e. The molecule has 0 N–H and O–H groups in total. The molecule has 78 valence electrons. The molecule has 0 saturated heterocycles. The summed E-state index contributed by atoms with van der Waals surface area (Å²) >= 11 is 4.79. The summed E-state index contributed by atoms with van der Waals surface area (Å²) in [5.74, 6) is 0. The Balaban J connectivity index is 2.32. The molecule has 2 rings (SSSR count). The van der Waals surface area contributed by atoms with Gasteiger partial charge in [0.05, 0.1) is 11.0 Å². The standard InChI is InChI=1S/C10H9BrN2OS/c1-7-6-15-9(12-7)5-13-4-2-3-8(11)10(13)14/h2-4,6H,5H2,1H3. The molecule has 0 aliphatic rings. The molecule has 0 atom stereocenters. The van der Waals surface area contributed by atoms with E-state index < -0.39 is 0 Å². The van der Waals surface area contributed by atoms with Gasteiger partial charge in [0.2, 0.25) is 0 Å². The van der Waals surface area contributed by atoms with E-state index in [0.717, 1.165) is 10.7 Å². The van der Waals surface area contributed by atoms with Gasteiger partial charge in [-0.3, -0.25) is 4.79 Å². The van der Waals surface area contributed by atoms with Crippen LogP contribution in [0.15, 0.2) is 33.0 Å². The zero-order valence-electron chi connectivity index (χ0n) is 8.11. The van der Waals surface area contributed by atoms with Crippen LogP contribution in [0, 0.1) is 6.92 Å². The van der Waals surface area contributed by atoms with E-state index in [1.165, 1.54) is 0 Å². The number of rotatable bonds is 2. The average molecular weight is 285 g/mol. The quantitative estimate of drug-likeness (QED) is 0.849. The van der Waals surface area contributed by atoms with Crippen molar-refractivity contribution in [2.45, 2.75) is 13.5 Å². The van der Waals surface area contributed by atoms with Gasteiger partial charge in [0.25, 0.3) is 5.56 Å². The van der Waals surface area contributed by atoms with Crippen molar-refractivity contribution in [2.75, 3.05) is 0 Å². The van der Waals surface area contributed by atoms with Gasteiger partial charge < -0.3 is 4.57 Å². The Morgan fingerprint density at radius 3 is 3.07 bits per heavy atom. The van der Waals surface area contributed by atoms with Crippen LogP contribution in [0.2, 0.25) is 0 Å². The van der Waals surface area contributed by atoms with Crippen molar-refractivity contribution < 1.29 is 0 Å². The second-order valence-electron chi connectivity index (χ2n) is 3.17. The largest absolute Gasteiger partial charge is 0.308 e. The topological polar surface area (TPSA) is 34.9 Å². The van der Waals surface area contributed by atoms with Gasteiger partial charge >= 0.3 is 0 Å². The van der Waals surface area contributed by atoms with Crippen molar-refractivity contribution in [1.29, 1.82) is 0 Å². The number of aryl methyl sites for hydroxylation is 1. The highest BCUT2D eigenvalue weighted by atomic mass is 79.9. The van der Waals surface area contributed by atoms with Crippen LogP contribution in [0.25, 0.3) is 0 Å². The van der Waals surface area contributed by atoms with Crippen LogP contribution in [-0.2, 0) is 6.54 Å². The molecule has 0 fully saturated rings. The highest BCUT2D eigenvalue weighted by molar-refractivity contribution is 9.10. The third kappa shape index (κ3) is 2.35. The van der Waals surface area contributed by atoms with Crippen molar-refractivity contribution >= 4 is 27.3 Å². The zero-order valence-corrected chi connectivity index (χ0v) is 10.5. The van der Waals surface area contributed by atoms with Crippen molar-refractivity contribution in [3.8, 4) is 0 Å². The van der Waals surface area contributed by atoms with E-state index in [0.29, 0.717) is 11.0 Å². The lowest BCUT2D eigenvalue weighted by atomic mass is 10.4. The predicted molar refractivity (Wildman–Crippen MR) is 64.4 cm³/mol. The molecule has 0 radical (unpaired) electrons. The molecule has 15 heavy (non-hydrogen) atoms. The Morgan fingerprint density at radius 2 is 2.40 bits per heavy atom. The normalized spacial score (nSPS) is 10.5. The average Bonchev–Trinajstić information content (AvgIpc) is 2.59. The van der Waals surface area contributed by atoms with Gasteiger partial charge in [0.15, 0.2) is 0 Å². The van der Waals surface area contributed by atoms with Crippen LogP contribution in [0.4, 0.5) is 0 Å². The van der Waals surface area contributed by atoms with Crippen LogP contribution in [0.5, 0.6) is 0 Å². The molecule has 0 aliphatic heterocycles. The summed E-state index contributed by atoms with van der Waals surface area (Å²) in [7, 11) is 0. The minimum absolute atomic E-state index is 0.0228. The van der Waals surface area contributed by atoms with Crippen molar-refractivity contribution in [2.24, 2.45) is 0 Å². The van der Waals surface area contributed by atoms with Crippen LogP contribution >= 0.6 is 27.3 Å². The van der Waals surface area contributed by atoms with Gasteiger partial charge in [0.1, 0.15) is 5.01 Å². The SMILES string of the molecule is Cc1csc(Cn2cccc(Br)c2=O)n1. The van der Waals surface area contributed by atoms with E-state index in [9.17, 15) is 4.79 Å². The molecule has 0 saturated carbocycles. The molecule has 5 heteroatoms. The first-order valence-electron chi connectivity index (χ1n) is 4.43. The lowest BCUT2D eigenvalue weighted by Crippen LogP contribution is -2.20. The van der Waals surface area contributed by atoms with E-state index in [2.05, 4.69) is 20.9 Å². The van der Waals surface area contributed by atoms with E-state index >= 15 is 0 Å². The van der Waals surface area contributed by atoms with Gasteiger partial charge in [-0.1, -0.05) is 0 Å². The lowest BCUT2D eigenvalue weighted by Gasteiger charge is -2.02. The Labute approximate surface area is 99.5 Å². The smallest absolute Gasteiger partial charge is 0.265 e. The van der Waals surface area contributed by atoms with Crippen LogP contribution in [0.1, 0.15) is 10.7 Å². The Morgan fingerprint density at radius 1 is 1.60 bits per heavy atom. The van der Waals surface area contributed by atoms with E-state index in [1.807, 2.05) is 18.4 Å². The maximum absolute atomic E-state index is 11.7. The molecular weight excluding hydrogens is 276 g/mol. The Kier molecular flexibility index (Phi) is 3.02. The molecule has 2 heterocycles. The summed E-state index contributed by atoms with van der Waals surface area (Å²) in [6, 6.07) is 3.58. The van der Waals surface area contributed by atoms with E-state index in [4.69, 9.17) is 0 Å². The highest BCUT2D eigenvalue weighted by Crippen LogP contribution is 2.10. The number of halogens is 1. The zero-order chi connectivity index (χ0) is 10.8. The number of hydrogen-bond acceptors (Lipinski definition) is 3. The van der Waals surface area contributed by atoms with Crippen molar-refractivity contribution in [3.05, 3.63) is 49.2 Å². The molecule has 2 aromatic heterocycles. The van der Waals surface area contributed by atoms with Gasteiger partial charge in [0, 0.05) is 17.3 Å². The molecule has 2 aromatic rings. The maximum Gasteiger partial charge on any atom is 0.265 e. The van der Waals surface area contributed by atoms with E-state index in [1.54, 1.807) is 28.2 Å². The fourth-order valence-electron chi connectivity index (χ4n) is 1.25. The number of aromatic nitrogens is 2. The number of pyridine rings is 1. The fraction of sp³-hybridized carbons (Fsp3) is 0.200.